The molecule has 1 amide bonds. The summed E-state index contributed by atoms with van der Waals surface area (Å²) in [5.41, 5.74) is 2.76. The van der Waals surface area contributed by atoms with Crippen LogP contribution in [0.1, 0.15) is 18.4 Å². The number of benzene rings is 1. The SMILES string of the molecule is COC(=O)Cc1ccc(NC(=O)C2CCN(c3ccncc3)CC2)cc1. The lowest BCUT2D eigenvalue weighted by molar-refractivity contribution is -0.139. The topological polar surface area (TPSA) is 71.5 Å². The summed E-state index contributed by atoms with van der Waals surface area (Å²) in [6.07, 6.45) is 5.47. The largest absolute Gasteiger partial charge is 0.469 e. The van der Waals surface area contributed by atoms with E-state index in [9.17, 15) is 9.59 Å². The Balaban J connectivity index is 1.50. The first-order valence-corrected chi connectivity index (χ1v) is 8.77. The van der Waals surface area contributed by atoms with Gasteiger partial charge in [-0.25, -0.2) is 0 Å². The highest BCUT2D eigenvalue weighted by Crippen LogP contribution is 2.24. The van der Waals surface area contributed by atoms with Gasteiger partial charge in [-0.05, 0) is 42.7 Å². The highest BCUT2D eigenvalue weighted by molar-refractivity contribution is 5.92. The van der Waals surface area contributed by atoms with E-state index < -0.39 is 0 Å². The monoisotopic (exact) mass is 353 g/mol. The fourth-order valence-corrected chi connectivity index (χ4v) is 3.14. The van der Waals surface area contributed by atoms with Crippen molar-refractivity contribution in [3.63, 3.8) is 0 Å². The third-order valence-corrected chi connectivity index (χ3v) is 4.69. The van der Waals surface area contributed by atoms with Crippen LogP contribution >= 0.6 is 0 Å². The number of anilines is 2. The van der Waals surface area contributed by atoms with Crippen molar-refractivity contribution in [2.45, 2.75) is 19.3 Å². The van der Waals surface area contributed by atoms with Crippen LogP contribution in [-0.2, 0) is 20.7 Å². The minimum Gasteiger partial charge on any atom is -0.469 e. The molecule has 0 bridgehead atoms. The number of nitrogens with one attached hydrogen (secondary N) is 1. The molecule has 1 fully saturated rings. The number of hydrogen-bond acceptors (Lipinski definition) is 5. The molecule has 1 aromatic carbocycles. The molecule has 6 heteroatoms. The molecule has 1 N–H and O–H groups in total. The van der Waals surface area contributed by atoms with Gasteiger partial charge in [0.25, 0.3) is 0 Å². The number of aromatic nitrogens is 1. The summed E-state index contributed by atoms with van der Waals surface area (Å²) in [7, 11) is 1.37. The predicted octanol–water partition coefficient (Wildman–Crippen LogP) is 2.65. The molecule has 0 aliphatic carbocycles. The van der Waals surface area contributed by atoms with Gasteiger partial charge < -0.3 is 15.0 Å². The van der Waals surface area contributed by atoms with Crippen molar-refractivity contribution in [1.29, 1.82) is 0 Å². The van der Waals surface area contributed by atoms with Crippen molar-refractivity contribution >= 4 is 23.3 Å². The number of nitrogens with zero attached hydrogens (tertiary/aromatic N) is 2. The van der Waals surface area contributed by atoms with E-state index >= 15 is 0 Å². The van der Waals surface area contributed by atoms with Crippen LogP contribution in [0.5, 0.6) is 0 Å². The van der Waals surface area contributed by atoms with Gasteiger partial charge >= 0.3 is 5.97 Å². The molecule has 1 aromatic heterocycles. The normalized spacial score (nSPS) is 14.7. The zero-order valence-electron chi connectivity index (χ0n) is 14.9. The molecular formula is C20H23N3O3. The minimum atomic E-state index is -0.275. The molecule has 0 atom stereocenters. The number of carbonyl (C=O) groups is 2. The van der Waals surface area contributed by atoms with Crippen LogP contribution in [-0.4, -0.2) is 37.1 Å². The average Bonchev–Trinajstić information content (AvgIpc) is 2.70. The first-order chi connectivity index (χ1) is 12.7. The van der Waals surface area contributed by atoms with Crippen LogP contribution in [0.15, 0.2) is 48.8 Å². The molecule has 0 saturated carbocycles. The summed E-state index contributed by atoms with van der Waals surface area (Å²) in [5, 5.41) is 2.98. The lowest BCUT2D eigenvalue weighted by Crippen LogP contribution is -2.38. The molecule has 136 valence electrons. The number of methoxy groups -OCH3 is 1. The number of piperidine rings is 1. The molecule has 3 rings (SSSR count). The summed E-state index contributed by atoms with van der Waals surface area (Å²) in [6.45, 7) is 1.72. The van der Waals surface area contributed by atoms with Crippen LogP contribution in [0.4, 0.5) is 11.4 Å². The Morgan fingerprint density at radius 3 is 2.38 bits per heavy atom. The van der Waals surface area contributed by atoms with Gasteiger partial charge in [-0.3, -0.25) is 14.6 Å². The third-order valence-electron chi connectivity index (χ3n) is 4.69. The average molecular weight is 353 g/mol. The Morgan fingerprint density at radius 2 is 1.77 bits per heavy atom. The Kier molecular flexibility index (Phi) is 5.84. The molecule has 1 aliphatic rings. The lowest BCUT2D eigenvalue weighted by atomic mass is 9.95. The quantitative estimate of drug-likeness (QED) is 0.837. The number of carbonyl (C=O) groups excluding carboxylic acids is 2. The summed E-state index contributed by atoms with van der Waals surface area (Å²) >= 11 is 0. The van der Waals surface area contributed by atoms with Crippen LogP contribution in [0, 0.1) is 5.92 Å². The summed E-state index contributed by atoms with van der Waals surface area (Å²) < 4.78 is 4.65. The number of rotatable bonds is 5. The number of esters is 1. The molecular weight excluding hydrogens is 330 g/mol. The van der Waals surface area contributed by atoms with Crippen molar-refractivity contribution in [2.24, 2.45) is 5.92 Å². The second kappa shape index (κ2) is 8.47. The highest BCUT2D eigenvalue weighted by atomic mass is 16.5. The van der Waals surface area contributed by atoms with Gasteiger partial charge in [0.1, 0.15) is 0 Å². The van der Waals surface area contributed by atoms with E-state index in [1.807, 2.05) is 36.4 Å². The van der Waals surface area contributed by atoms with Gasteiger partial charge in [0.2, 0.25) is 5.91 Å². The van der Waals surface area contributed by atoms with Gasteiger partial charge in [0.15, 0.2) is 0 Å². The first-order valence-electron chi connectivity index (χ1n) is 8.77. The summed E-state index contributed by atoms with van der Waals surface area (Å²) in [6, 6.07) is 11.3. The van der Waals surface area contributed by atoms with E-state index in [-0.39, 0.29) is 24.2 Å². The van der Waals surface area contributed by atoms with Crippen LogP contribution < -0.4 is 10.2 Å². The van der Waals surface area contributed by atoms with Gasteiger partial charge in [-0.15, -0.1) is 0 Å². The van der Waals surface area contributed by atoms with E-state index in [0.717, 1.165) is 42.9 Å². The summed E-state index contributed by atoms with van der Waals surface area (Å²) in [4.78, 5) is 30.1. The maximum Gasteiger partial charge on any atom is 0.309 e. The van der Waals surface area contributed by atoms with Crippen molar-refractivity contribution in [3.8, 4) is 0 Å². The first kappa shape index (κ1) is 17.9. The van der Waals surface area contributed by atoms with Gasteiger partial charge in [0, 0.05) is 42.8 Å². The minimum absolute atomic E-state index is 0.0165. The Labute approximate surface area is 153 Å². The number of amides is 1. The molecule has 2 heterocycles. The van der Waals surface area contributed by atoms with Crippen molar-refractivity contribution in [3.05, 3.63) is 54.4 Å². The molecule has 0 spiro atoms. The Hall–Kier alpha value is -2.89. The second-order valence-electron chi connectivity index (χ2n) is 6.41. The van der Waals surface area contributed by atoms with E-state index in [0.29, 0.717) is 0 Å². The maximum absolute atomic E-state index is 12.5. The fraction of sp³-hybridized carbons (Fsp3) is 0.350. The third kappa shape index (κ3) is 4.59. The van der Waals surface area contributed by atoms with E-state index in [2.05, 4.69) is 19.9 Å². The summed E-state index contributed by atoms with van der Waals surface area (Å²) in [5.74, 6) is -0.203. The van der Waals surface area contributed by atoms with E-state index in [1.54, 1.807) is 12.4 Å². The predicted molar refractivity (Wildman–Crippen MR) is 100.0 cm³/mol. The molecule has 0 unspecified atom stereocenters. The Morgan fingerprint density at radius 1 is 1.12 bits per heavy atom. The molecule has 6 nitrogen and oxygen atoms in total. The fourth-order valence-electron chi connectivity index (χ4n) is 3.14. The Bertz CT molecular complexity index is 739. The number of ether oxygens (including phenoxy) is 1. The second-order valence-corrected chi connectivity index (χ2v) is 6.41. The van der Waals surface area contributed by atoms with Crippen LogP contribution in [0.3, 0.4) is 0 Å². The lowest BCUT2D eigenvalue weighted by Gasteiger charge is -2.32. The maximum atomic E-state index is 12.5. The molecule has 1 saturated heterocycles. The van der Waals surface area contributed by atoms with Crippen molar-refractivity contribution in [1.82, 2.24) is 4.98 Å². The van der Waals surface area contributed by atoms with Gasteiger partial charge in [-0.2, -0.15) is 0 Å². The molecule has 2 aromatic rings. The number of pyridine rings is 1. The van der Waals surface area contributed by atoms with Crippen LogP contribution in [0.2, 0.25) is 0 Å². The number of hydrogen-bond donors (Lipinski definition) is 1. The van der Waals surface area contributed by atoms with Gasteiger partial charge in [0.05, 0.1) is 13.5 Å². The smallest absolute Gasteiger partial charge is 0.309 e. The van der Waals surface area contributed by atoms with Crippen molar-refractivity contribution in [2.75, 3.05) is 30.4 Å². The van der Waals surface area contributed by atoms with E-state index in [4.69, 9.17) is 0 Å². The standard InChI is InChI=1S/C20H23N3O3/c1-26-19(24)14-15-2-4-17(5-3-15)22-20(25)16-8-12-23(13-9-16)18-6-10-21-11-7-18/h2-7,10-11,16H,8-9,12-14H2,1H3,(H,22,25). The molecule has 26 heavy (non-hydrogen) atoms. The highest BCUT2D eigenvalue weighted by Gasteiger charge is 2.25. The van der Waals surface area contributed by atoms with Gasteiger partial charge in [-0.1, -0.05) is 12.1 Å². The zero-order chi connectivity index (χ0) is 18.4. The van der Waals surface area contributed by atoms with E-state index in [1.165, 1.54) is 7.11 Å². The van der Waals surface area contributed by atoms with Crippen molar-refractivity contribution < 1.29 is 14.3 Å². The zero-order valence-corrected chi connectivity index (χ0v) is 14.9. The molecule has 1 aliphatic heterocycles. The van der Waals surface area contributed by atoms with Crippen LogP contribution in [0.25, 0.3) is 0 Å². The molecule has 0 radical (unpaired) electrons.